The first-order valence-electron chi connectivity index (χ1n) is 13.4. The van der Waals surface area contributed by atoms with Gasteiger partial charge in [-0.05, 0) is 76.6 Å². The zero-order chi connectivity index (χ0) is 29.8. The Balaban J connectivity index is 1.26. The van der Waals surface area contributed by atoms with Gasteiger partial charge in [-0.15, -0.1) is 22.7 Å². The lowest BCUT2D eigenvalue weighted by molar-refractivity contribution is -0.138. The highest BCUT2D eigenvalue weighted by Crippen LogP contribution is 2.35. The predicted molar refractivity (Wildman–Crippen MR) is 159 cm³/mol. The van der Waals surface area contributed by atoms with E-state index in [9.17, 15) is 27.9 Å². The summed E-state index contributed by atoms with van der Waals surface area (Å²) in [6, 6.07) is 9.81. The molecule has 2 aromatic heterocycles. The number of thiophene rings is 2. The number of rotatable bonds is 10. The first-order chi connectivity index (χ1) is 19.3. The zero-order valence-corrected chi connectivity index (χ0v) is 25.7. The Morgan fingerprint density at radius 2 is 1.73 bits per heavy atom. The van der Waals surface area contributed by atoms with Crippen LogP contribution in [0, 0.1) is 5.92 Å². The number of sulfonamides is 1. The van der Waals surface area contributed by atoms with Gasteiger partial charge >= 0.3 is 12.1 Å². The number of fused-ring (bicyclic) bond motifs is 1. The number of aryl methyl sites for hydroxylation is 1. The molecule has 1 atom stereocenters. The molecule has 222 valence electrons. The van der Waals surface area contributed by atoms with Crippen molar-refractivity contribution in [3.8, 4) is 0 Å². The largest absolute Gasteiger partial charge is 0.480 e. The van der Waals surface area contributed by atoms with Crippen molar-refractivity contribution in [3.63, 3.8) is 0 Å². The second kappa shape index (κ2) is 12.9. The normalized spacial score (nSPS) is 15.5. The minimum absolute atomic E-state index is 0.0573. The molecular formula is C28H35N3O7S3. The van der Waals surface area contributed by atoms with Crippen LogP contribution in [-0.4, -0.2) is 67.7 Å². The maximum atomic E-state index is 12.7. The van der Waals surface area contributed by atoms with Gasteiger partial charge in [0.1, 0.15) is 11.6 Å². The zero-order valence-electron chi connectivity index (χ0n) is 23.2. The molecule has 0 unspecified atom stereocenters. The third kappa shape index (κ3) is 8.51. The molecule has 3 aromatic rings. The number of amides is 2. The van der Waals surface area contributed by atoms with Crippen molar-refractivity contribution >= 4 is 60.1 Å². The van der Waals surface area contributed by atoms with E-state index in [2.05, 4.69) is 16.1 Å². The number of ether oxygens (including phenoxy) is 1. The van der Waals surface area contributed by atoms with Crippen LogP contribution < -0.4 is 10.0 Å². The number of nitrogens with one attached hydrogen (secondary N) is 2. The summed E-state index contributed by atoms with van der Waals surface area (Å²) in [6.45, 7) is 6.61. The summed E-state index contributed by atoms with van der Waals surface area (Å²) in [6.07, 6.45) is 3.59. The van der Waals surface area contributed by atoms with Gasteiger partial charge in [-0.3, -0.25) is 9.59 Å². The number of carboxylic acids is 1. The van der Waals surface area contributed by atoms with Crippen molar-refractivity contribution < 1.29 is 32.6 Å². The van der Waals surface area contributed by atoms with Crippen LogP contribution in [0.2, 0.25) is 0 Å². The highest BCUT2D eigenvalue weighted by molar-refractivity contribution is 7.89. The number of aliphatic carboxylic acids is 1. The van der Waals surface area contributed by atoms with Gasteiger partial charge in [-0.1, -0.05) is 18.2 Å². The lowest BCUT2D eigenvalue weighted by atomic mass is 9.92. The fraction of sp³-hybridized carbons (Fsp3) is 0.464. The van der Waals surface area contributed by atoms with Crippen molar-refractivity contribution in [2.75, 3.05) is 19.6 Å². The maximum absolute atomic E-state index is 12.7. The van der Waals surface area contributed by atoms with Crippen LogP contribution in [0.25, 0.3) is 9.40 Å². The molecule has 0 bridgehead atoms. The summed E-state index contributed by atoms with van der Waals surface area (Å²) in [5, 5.41) is 12.0. The predicted octanol–water partition coefficient (Wildman–Crippen LogP) is 4.70. The molecule has 0 aliphatic carbocycles. The molecule has 0 spiro atoms. The van der Waals surface area contributed by atoms with E-state index in [0.717, 1.165) is 35.1 Å². The summed E-state index contributed by atoms with van der Waals surface area (Å²) in [7, 11) is -4.06. The van der Waals surface area contributed by atoms with Crippen molar-refractivity contribution in [1.29, 1.82) is 0 Å². The third-order valence-electron chi connectivity index (χ3n) is 6.66. The number of likely N-dealkylation sites (tertiary alicyclic amines) is 1. The average Bonchev–Trinajstić information content (AvgIpc) is 3.48. The highest BCUT2D eigenvalue weighted by Gasteiger charge is 2.28. The van der Waals surface area contributed by atoms with E-state index in [0.29, 0.717) is 23.9 Å². The van der Waals surface area contributed by atoms with Crippen molar-refractivity contribution in [1.82, 2.24) is 14.9 Å². The molecule has 4 rings (SSSR count). The Hall–Kier alpha value is -3.00. The van der Waals surface area contributed by atoms with Gasteiger partial charge in [0.2, 0.25) is 10.0 Å². The first-order valence-corrected chi connectivity index (χ1v) is 16.5. The fourth-order valence-electron chi connectivity index (χ4n) is 4.51. The molecule has 13 heteroatoms. The molecule has 1 aromatic carbocycles. The number of carbonyl (C=O) groups is 3. The second-order valence-electron chi connectivity index (χ2n) is 11.0. The summed E-state index contributed by atoms with van der Waals surface area (Å²) in [5.41, 5.74) is -0.496. The van der Waals surface area contributed by atoms with E-state index >= 15 is 0 Å². The van der Waals surface area contributed by atoms with Gasteiger partial charge in [0.15, 0.2) is 0 Å². The van der Waals surface area contributed by atoms with E-state index in [1.165, 1.54) is 40.5 Å². The van der Waals surface area contributed by atoms with E-state index in [4.69, 9.17) is 4.74 Å². The summed E-state index contributed by atoms with van der Waals surface area (Å²) >= 11 is 2.95. The Bertz CT molecular complexity index is 1450. The van der Waals surface area contributed by atoms with Gasteiger partial charge in [0.25, 0.3) is 5.91 Å². The van der Waals surface area contributed by atoms with Crippen LogP contribution >= 0.6 is 22.7 Å². The summed E-state index contributed by atoms with van der Waals surface area (Å²) in [5.74, 6) is -1.31. The molecule has 10 nitrogen and oxygen atoms in total. The highest BCUT2D eigenvalue weighted by atomic mass is 32.2. The number of piperidine rings is 1. The molecule has 1 fully saturated rings. The Labute approximate surface area is 247 Å². The lowest BCUT2D eigenvalue weighted by Gasteiger charge is -2.33. The standard InChI is InChI=1S/C28H35N3O7S3/c1-28(2,3)38-27(35)31-13-11-18(12-14-31)9-10-19-15-22-23(39-19)16-24(40-22)25(32)29-17-21(26(33)34)30-41(36,37)20-7-5-4-6-8-20/h4-8,15-16,18,21,30H,9-14,17H2,1-3H3,(H,29,32)(H,33,34)/t21-/m0/s1. The van der Waals surface area contributed by atoms with Crippen LogP contribution in [0.5, 0.6) is 0 Å². The van der Waals surface area contributed by atoms with Crippen LogP contribution in [0.4, 0.5) is 4.79 Å². The Morgan fingerprint density at radius 3 is 2.34 bits per heavy atom. The topological polar surface area (TPSA) is 142 Å². The molecule has 41 heavy (non-hydrogen) atoms. The van der Waals surface area contributed by atoms with E-state index in [1.54, 1.807) is 28.4 Å². The van der Waals surface area contributed by atoms with Crippen LogP contribution in [-0.2, 0) is 26.0 Å². The van der Waals surface area contributed by atoms with Crippen LogP contribution in [0.3, 0.4) is 0 Å². The quantitative estimate of drug-likeness (QED) is 0.298. The van der Waals surface area contributed by atoms with Gasteiger partial charge in [-0.2, -0.15) is 4.72 Å². The van der Waals surface area contributed by atoms with Crippen molar-refractivity contribution in [2.45, 2.75) is 63.0 Å². The second-order valence-corrected chi connectivity index (χ2v) is 15.0. The van der Waals surface area contributed by atoms with Gasteiger partial charge in [-0.25, -0.2) is 13.2 Å². The van der Waals surface area contributed by atoms with Crippen molar-refractivity contribution in [3.05, 3.63) is 52.2 Å². The number of carboxylic acid groups (broad SMARTS) is 1. The average molecular weight is 622 g/mol. The summed E-state index contributed by atoms with van der Waals surface area (Å²) in [4.78, 5) is 40.1. The minimum Gasteiger partial charge on any atom is -0.480 e. The molecule has 3 heterocycles. The fourth-order valence-corrected chi connectivity index (χ4v) is 8.08. The molecule has 1 aliphatic heterocycles. The molecule has 0 radical (unpaired) electrons. The van der Waals surface area contributed by atoms with Crippen molar-refractivity contribution in [2.24, 2.45) is 5.92 Å². The smallest absolute Gasteiger partial charge is 0.410 e. The number of hydrogen-bond acceptors (Lipinski definition) is 8. The first kappa shape index (κ1) is 30.9. The number of benzene rings is 1. The Kier molecular flexibility index (Phi) is 9.73. The minimum atomic E-state index is -4.06. The van der Waals surface area contributed by atoms with Gasteiger partial charge in [0.05, 0.1) is 9.77 Å². The van der Waals surface area contributed by atoms with E-state index in [-0.39, 0.29) is 11.0 Å². The molecule has 3 N–H and O–H groups in total. The maximum Gasteiger partial charge on any atom is 0.410 e. The third-order valence-corrected chi connectivity index (χ3v) is 10.5. The molecule has 0 saturated carbocycles. The number of hydrogen-bond donors (Lipinski definition) is 3. The Morgan fingerprint density at radius 1 is 1.07 bits per heavy atom. The van der Waals surface area contributed by atoms with Gasteiger partial charge < -0.3 is 20.1 Å². The summed E-state index contributed by atoms with van der Waals surface area (Å²) < 4.78 is 34.6. The SMILES string of the molecule is CC(C)(C)OC(=O)N1CCC(CCc2cc3sc(C(=O)NC[C@H](NS(=O)(=O)c4ccccc4)C(=O)O)cc3s2)CC1. The van der Waals surface area contributed by atoms with Crippen LogP contribution in [0.15, 0.2) is 47.4 Å². The van der Waals surface area contributed by atoms with E-state index < -0.39 is 40.1 Å². The number of nitrogens with zero attached hydrogens (tertiary/aromatic N) is 1. The van der Waals surface area contributed by atoms with Gasteiger partial charge in [0, 0.05) is 33.9 Å². The van der Waals surface area contributed by atoms with Crippen LogP contribution in [0.1, 0.15) is 54.6 Å². The monoisotopic (exact) mass is 621 g/mol. The molecule has 1 saturated heterocycles. The lowest BCUT2D eigenvalue weighted by Crippen LogP contribution is -2.48. The number of carbonyl (C=O) groups excluding carboxylic acids is 2. The molecule has 2 amide bonds. The molecular weight excluding hydrogens is 587 g/mol. The van der Waals surface area contributed by atoms with E-state index in [1.807, 2.05) is 20.8 Å². The molecule has 1 aliphatic rings.